The number of carbonyl (C=O) groups is 1. The predicted octanol–water partition coefficient (Wildman–Crippen LogP) is 2.55. The minimum atomic E-state index is -3.74. The van der Waals surface area contributed by atoms with Crippen molar-refractivity contribution < 1.29 is 17.6 Å². The zero-order chi connectivity index (χ0) is 20.6. The number of fused-ring (bicyclic) bond motifs is 1. The molecule has 3 aromatic rings. The molecule has 0 saturated carbocycles. The summed E-state index contributed by atoms with van der Waals surface area (Å²) in [4.78, 5) is 14.7. The van der Waals surface area contributed by atoms with Crippen LogP contribution in [-0.4, -0.2) is 59.9 Å². The first-order valence-corrected chi connectivity index (χ1v) is 10.8. The average Bonchev–Trinajstić information content (AvgIpc) is 2.94. The van der Waals surface area contributed by atoms with Crippen LogP contribution in [0, 0.1) is 12.7 Å². The van der Waals surface area contributed by atoms with Crippen LogP contribution in [0.3, 0.4) is 0 Å². The van der Waals surface area contributed by atoms with E-state index in [2.05, 4.69) is 10.2 Å². The van der Waals surface area contributed by atoms with E-state index in [1.807, 2.05) is 25.1 Å². The highest BCUT2D eigenvalue weighted by molar-refractivity contribution is 7.89. The summed E-state index contributed by atoms with van der Waals surface area (Å²) in [7, 11) is -3.74. The molecule has 29 heavy (non-hydrogen) atoms. The molecule has 1 aromatic heterocycles. The lowest BCUT2D eigenvalue weighted by Crippen LogP contribution is -2.37. The normalized spacial score (nSPS) is 16.1. The number of carbonyl (C=O) groups excluding carboxylic acids is 1. The van der Waals surface area contributed by atoms with Crippen LogP contribution < -0.4 is 0 Å². The number of halogens is 1. The van der Waals surface area contributed by atoms with Crippen molar-refractivity contribution in [2.24, 2.45) is 0 Å². The molecule has 2 heterocycles. The van der Waals surface area contributed by atoms with Gasteiger partial charge in [-0.1, -0.05) is 11.6 Å². The highest BCUT2D eigenvalue weighted by atomic mass is 32.2. The molecule has 1 saturated heterocycles. The van der Waals surface area contributed by atoms with E-state index in [4.69, 9.17) is 0 Å². The molecule has 0 radical (unpaired) electrons. The van der Waals surface area contributed by atoms with Gasteiger partial charge >= 0.3 is 0 Å². The Hall–Kier alpha value is -2.78. The van der Waals surface area contributed by atoms with E-state index in [-0.39, 0.29) is 23.9 Å². The summed E-state index contributed by atoms with van der Waals surface area (Å²) in [5.74, 6) is -0.707. The molecule has 0 unspecified atom stereocenters. The van der Waals surface area contributed by atoms with Gasteiger partial charge in [0.2, 0.25) is 10.0 Å². The molecule has 1 amide bonds. The quantitative estimate of drug-likeness (QED) is 0.711. The van der Waals surface area contributed by atoms with Crippen LogP contribution in [0.4, 0.5) is 4.39 Å². The van der Waals surface area contributed by atoms with Gasteiger partial charge in [-0.15, -0.1) is 0 Å². The molecule has 1 aliphatic heterocycles. The molecule has 9 heteroatoms. The third kappa shape index (κ3) is 3.75. The summed E-state index contributed by atoms with van der Waals surface area (Å²) >= 11 is 0. The smallest absolute Gasteiger partial charge is 0.275 e. The third-order valence-corrected chi connectivity index (χ3v) is 7.03. The number of aromatic amines is 1. The lowest BCUT2D eigenvalue weighted by atomic mass is 10.1. The lowest BCUT2D eigenvalue weighted by Gasteiger charge is -2.21. The Morgan fingerprint density at radius 3 is 2.59 bits per heavy atom. The molecule has 1 aliphatic rings. The van der Waals surface area contributed by atoms with Gasteiger partial charge in [-0.05, 0) is 49.7 Å². The number of amides is 1. The van der Waals surface area contributed by atoms with Crippen molar-refractivity contribution in [3.05, 3.63) is 59.5 Å². The number of aryl methyl sites for hydroxylation is 1. The van der Waals surface area contributed by atoms with Crippen LogP contribution in [0.25, 0.3) is 10.9 Å². The molecule has 0 aliphatic carbocycles. The fourth-order valence-corrected chi connectivity index (χ4v) is 5.00. The second kappa shape index (κ2) is 7.57. The Morgan fingerprint density at radius 2 is 1.83 bits per heavy atom. The fourth-order valence-electron chi connectivity index (χ4n) is 3.53. The van der Waals surface area contributed by atoms with Crippen LogP contribution in [0.15, 0.2) is 47.4 Å². The van der Waals surface area contributed by atoms with E-state index in [9.17, 15) is 17.6 Å². The number of sulfonamides is 1. The summed E-state index contributed by atoms with van der Waals surface area (Å²) in [6.07, 6.45) is 0.507. The number of nitrogens with zero attached hydrogens (tertiary/aromatic N) is 3. The maximum Gasteiger partial charge on any atom is 0.275 e. The minimum Gasteiger partial charge on any atom is -0.336 e. The van der Waals surface area contributed by atoms with Crippen molar-refractivity contribution in [1.29, 1.82) is 0 Å². The molecular weight excluding hydrogens is 395 g/mol. The summed E-state index contributed by atoms with van der Waals surface area (Å²) in [5.41, 5.74) is 2.16. The van der Waals surface area contributed by atoms with Crippen molar-refractivity contribution in [2.75, 3.05) is 26.2 Å². The van der Waals surface area contributed by atoms with Gasteiger partial charge in [0.1, 0.15) is 5.82 Å². The average molecular weight is 416 g/mol. The number of hydrogen-bond donors (Lipinski definition) is 1. The maximum atomic E-state index is 13.1. The van der Waals surface area contributed by atoms with Gasteiger partial charge in [0.05, 0.1) is 10.4 Å². The Labute approximate surface area is 168 Å². The Balaban J connectivity index is 1.53. The molecule has 1 N–H and O–H groups in total. The van der Waals surface area contributed by atoms with E-state index in [1.165, 1.54) is 16.4 Å². The second-order valence-electron chi connectivity index (χ2n) is 7.13. The molecule has 7 nitrogen and oxygen atoms in total. The first-order chi connectivity index (χ1) is 13.9. The Kier molecular flexibility index (Phi) is 5.10. The van der Waals surface area contributed by atoms with E-state index < -0.39 is 15.8 Å². The summed E-state index contributed by atoms with van der Waals surface area (Å²) in [6.45, 7) is 3.12. The third-order valence-electron chi connectivity index (χ3n) is 5.11. The summed E-state index contributed by atoms with van der Waals surface area (Å²) in [5, 5.41) is 7.82. The van der Waals surface area contributed by atoms with Crippen LogP contribution in [0.1, 0.15) is 22.5 Å². The molecule has 0 atom stereocenters. The van der Waals surface area contributed by atoms with Gasteiger partial charge in [-0.3, -0.25) is 9.89 Å². The van der Waals surface area contributed by atoms with Gasteiger partial charge in [0.15, 0.2) is 5.69 Å². The predicted molar refractivity (Wildman–Crippen MR) is 107 cm³/mol. The topological polar surface area (TPSA) is 86.4 Å². The monoisotopic (exact) mass is 416 g/mol. The van der Waals surface area contributed by atoms with Gasteiger partial charge in [0, 0.05) is 31.6 Å². The van der Waals surface area contributed by atoms with Crippen molar-refractivity contribution in [3.8, 4) is 0 Å². The summed E-state index contributed by atoms with van der Waals surface area (Å²) in [6, 6.07) is 10.5. The van der Waals surface area contributed by atoms with Crippen LogP contribution in [0.2, 0.25) is 0 Å². The van der Waals surface area contributed by atoms with Crippen molar-refractivity contribution in [2.45, 2.75) is 18.2 Å². The van der Waals surface area contributed by atoms with E-state index in [0.717, 1.165) is 28.6 Å². The molecule has 4 rings (SSSR count). The van der Waals surface area contributed by atoms with Crippen molar-refractivity contribution in [1.82, 2.24) is 19.4 Å². The first kappa shape index (κ1) is 19.5. The molecule has 0 bridgehead atoms. The molecular formula is C20H21FN4O3S. The van der Waals surface area contributed by atoms with Gasteiger partial charge < -0.3 is 4.90 Å². The highest BCUT2D eigenvalue weighted by Gasteiger charge is 2.29. The van der Waals surface area contributed by atoms with Gasteiger partial charge in [-0.2, -0.15) is 9.40 Å². The van der Waals surface area contributed by atoms with Crippen LogP contribution in [-0.2, 0) is 10.0 Å². The van der Waals surface area contributed by atoms with Gasteiger partial charge in [0.25, 0.3) is 5.91 Å². The van der Waals surface area contributed by atoms with Crippen molar-refractivity contribution >= 4 is 26.8 Å². The number of rotatable bonds is 3. The maximum absolute atomic E-state index is 13.1. The van der Waals surface area contributed by atoms with E-state index in [0.29, 0.717) is 25.2 Å². The minimum absolute atomic E-state index is 0.0486. The van der Waals surface area contributed by atoms with Crippen LogP contribution in [0.5, 0.6) is 0 Å². The zero-order valence-corrected chi connectivity index (χ0v) is 16.7. The first-order valence-electron chi connectivity index (χ1n) is 9.36. The lowest BCUT2D eigenvalue weighted by molar-refractivity contribution is 0.0760. The number of aromatic nitrogens is 2. The molecule has 2 aromatic carbocycles. The summed E-state index contributed by atoms with van der Waals surface area (Å²) < 4.78 is 40.2. The molecule has 152 valence electrons. The number of benzene rings is 2. The van der Waals surface area contributed by atoms with Gasteiger partial charge in [-0.25, -0.2) is 12.8 Å². The Morgan fingerprint density at radius 1 is 1.07 bits per heavy atom. The van der Waals surface area contributed by atoms with Crippen LogP contribution >= 0.6 is 0 Å². The zero-order valence-electron chi connectivity index (χ0n) is 15.9. The highest BCUT2D eigenvalue weighted by Crippen LogP contribution is 2.21. The van der Waals surface area contributed by atoms with E-state index >= 15 is 0 Å². The second-order valence-corrected chi connectivity index (χ2v) is 9.06. The molecule has 0 spiro atoms. The van der Waals surface area contributed by atoms with Crippen molar-refractivity contribution in [3.63, 3.8) is 0 Å². The fraction of sp³-hybridized carbons (Fsp3) is 0.300. The van der Waals surface area contributed by atoms with E-state index in [1.54, 1.807) is 4.90 Å². The SMILES string of the molecule is Cc1ccc2[nH]nc(C(=O)N3CCCN(S(=O)(=O)c4ccc(F)cc4)CC3)c2c1. The largest absolute Gasteiger partial charge is 0.336 e. The molecule has 1 fully saturated rings. The number of nitrogens with one attached hydrogen (secondary N) is 1. The number of hydrogen-bond acceptors (Lipinski definition) is 4. The standard InChI is InChI=1S/C20H21FN4O3S/c1-14-3-8-18-17(13-14)19(23-22-18)20(26)24-9-2-10-25(12-11-24)29(27,28)16-6-4-15(21)5-7-16/h3-8,13H,2,9-12H2,1H3,(H,22,23). The number of H-pyrrole nitrogens is 1. The Bertz CT molecular complexity index is 1160.